The summed E-state index contributed by atoms with van der Waals surface area (Å²) in [6.07, 6.45) is 2.31. The number of morpholine rings is 2. The van der Waals surface area contributed by atoms with E-state index in [0.29, 0.717) is 54.9 Å². The summed E-state index contributed by atoms with van der Waals surface area (Å²) < 4.78 is 10.9. The predicted molar refractivity (Wildman–Crippen MR) is 154 cm³/mol. The molecule has 0 spiro atoms. The molecule has 2 amide bonds. The van der Waals surface area contributed by atoms with Crippen LogP contribution in [0.1, 0.15) is 40.4 Å². The molecule has 7 rings (SSSR count). The van der Waals surface area contributed by atoms with Crippen molar-refractivity contribution in [1.29, 1.82) is 0 Å². The van der Waals surface area contributed by atoms with Crippen molar-refractivity contribution in [3.63, 3.8) is 0 Å². The second-order valence-electron chi connectivity index (χ2n) is 11.1. The lowest BCUT2D eigenvalue weighted by Gasteiger charge is -2.40. The van der Waals surface area contributed by atoms with Gasteiger partial charge < -0.3 is 19.7 Å². The van der Waals surface area contributed by atoms with Gasteiger partial charge in [-0.2, -0.15) is 10.2 Å². The monoisotopic (exact) mass is 557 g/mol. The van der Waals surface area contributed by atoms with Crippen molar-refractivity contribution >= 4 is 28.9 Å². The number of rotatable bonds is 5. The SMILES string of the molecule is O=C(Nc1cccc2c1C(=O)C1=C(c3ccc(N4CCC(N5CCOCC5)CC4)cc3)N=NC12)NN1CCOCC1. The summed E-state index contributed by atoms with van der Waals surface area (Å²) in [5.74, 6) is -0.137. The number of hydrazine groups is 1. The molecule has 0 bridgehead atoms. The predicted octanol–water partition coefficient (Wildman–Crippen LogP) is 3.47. The van der Waals surface area contributed by atoms with Gasteiger partial charge in [-0.25, -0.2) is 9.80 Å². The van der Waals surface area contributed by atoms with E-state index in [0.717, 1.165) is 63.4 Å². The molecule has 3 saturated heterocycles. The summed E-state index contributed by atoms with van der Waals surface area (Å²) in [6.45, 7) is 8.17. The Morgan fingerprint density at radius 2 is 1.59 bits per heavy atom. The largest absolute Gasteiger partial charge is 0.379 e. The number of benzene rings is 2. The average molecular weight is 558 g/mol. The number of ether oxygens (including phenoxy) is 2. The van der Waals surface area contributed by atoms with E-state index in [1.807, 2.05) is 29.3 Å². The van der Waals surface area contributed by atoms with Crippen LogP contribution in [0.3, 0.4) is 0 Å². The maximum Gasteiger partial charge on any atom is 0.333 e. The lowest BCUT2D eigenvalue weighted by Crippen LogP contribution is -2.49. The maximum atomic E-state index is 13.7. The van der Waals surface area contributed by atoms with Crippen LogP contribution >= 0.6 is 0 Å². The molecule has 11 nitrogen and oxygen atoms in total. The molecule has 0 aromatic heterocycles. The number of hydrogen-bond donors (Lipinski definition) is 2. The van der Waals surface area contributed by atoms with E-state index in [1.54, 1.807) is 6.07 Å². The second-order valence-corrected chi connectivity index (χ2v) is 11.1. The molecular formula is C30H35N7O4. The summed E-state index contributed by atoms with van der Waals surface area (Å²) >= 11 is 0. The number of Topliss-reactive ketones (excluding diaryl/α,β-unsaturated/α-hetero) is 1. The Hall–Kier alpha value is -3.64. The molecule has 0 saturated carbocycles. The first-order valence-corrected chi connectivity index (χ1v) is 14.6. The van der Waals surface area contributed by atoms with Crippen molar-refractivity contribution < 1.29 is 19.1 Å². The highest BCUT2D eigenvalue weighted by Gasteiger charge is 2.42. The number of ketones is 1. The van der Waals surface area contributed by atoms with E-state index < -0.39 is 6.04 Å². The molecule has 1 aliphatic carbocycles. The summed E-state index contributed by atoms with van der Waals surface area (Å²) in [4.78, 5) is 31.4. The van der Waals surface area contributed by atoms with Crippen molar-refractivity contribution in [2.45, 2.75) is 24.9 Å². The molecule has 4 aliphatic heterocycles. The fourth-order valence-electron chi connectivity index (χ4n) is 6.54. The average Bonchev–Trinajstić information content (AvgIpc) is 3.58. The molecule has 1 atom stereocenters. The van der Waals surface area contributed by atoms with Crippen LogP contribution in [0, 0.1) is 0 Å². The van der Waals surface area contributed by atoms with Crippen LogP contribution in [0.15, 0.2) is 58.3 Å². The summed E-state index contributed by atoms with van der Waals surface area (Å²) in [5, 5.41) is 13.6. The van der Waals surface area contributed by atoms with Crippen LogP contribution in [0.2, 0.25) is 0 Å². The van der Waals surface area contributed by atoms with Gasteiger partial charge in [-0.05, 0) is 36.6 Å². The Labute approximate surface area is 239 Å². The summed E-state index contributed by atoms with van der Waals surface area (Å²) in [6, 6.07) is 13.6. The smallest absolute Gasteiger partial charge is 0.333 e. The quantitative estimate of drug-likeness (QED) is 0.579. The number of hydrogen-bond acceptors (Lipinski definition) is 9. The summed E-state index contributed by atoms with van der Waals surface area (Å²) in [7, 11) is 0. The minimum absolute atomic E-state index is 0.137. The first-order valence-electron chi connectivity index (χ1n) is 14.6. The molecule has 1 unspecified atom stereocenters. The van der Waals surface area contributed by atoms with Gasteiger partial charge in [0, 0.05) is 56.6 Å². The molecule has 4 heterocycles. The molecule has 2 N–H and O–H groups in total. The minimum atomic E-state index is -0.449. The Morgan fingerprint density at radius 1 is 0.878 bits per heavy atom. The summed E-state index contributed by atoms with van der Waals surface area (Å²) in [5.41, 5.74) is 7.81. The van der Waals surface area contributed by atoms with Crippen molar-refractivity contribution in [3.05, 3.63) is 64.7 Å². The molecule has 0 radical (unpaired) electrons. The number of amides is 2. The van der Waals surface area contributed by atoms with Gasteiger partial charge in [0.15, 0.2) is 5.78 Å². The van der Waals surface area contributed by atoms with Crippen LogP contribution in [-0.2, 0) is 9.47 Å². The number of piperidine rings is 1. The molecule has 2 aromatic rings. The van der Waals surface area contributed by atoms with Crippen molar-refractivity contribution in [2.24, 2.45) is 10.2 Å². The van der Waals surface area contributed by atoms with Gasteiger partial charge in [-0.15, -0.1) is 0 Å². The normalized spacial score (nSPS) is 23.6. The Balaban J connectivity index is 1.05. The van der Waals surface area contributed by atoms with Gasteiger partial charge in [0.1, 0.15) is 11.7 Å². The van der Waals surface area contributed by atoms with E-state index in [-0.39, 0.29) is 11.8 Å². The number of nitrogens with zero attached hydrogens (tertiary/aromatic N) is 5. The highest BCUT2D eigenvalue weighted by molar-refractivity contribution is 6.22. The molecule has 11 heteroatoms. The molecule has 2 aromatic carbocycles. The Bertz CT molecular complexity index is 1370. The van der Waals surface area contributed by atoms with Crippen molar-refractivity contribution in [2.75, 3.05) is 75.9 Å². The van der Waals surface area contributed by atoms with E-state index in [9.17, 15) is 9.59 Å². The fourth-order valence-corrected chi connectivity index (χ4v) is 6.54. The van der Waals surface area contributed by atoms with Crippen LogP contribution in [0.25, 0.3) is 5.70 Å². The fraction of sp³-hybridized carbons (Fsp3) is 0.467. The van der Waals surface area contributed by atoms with Gasteiger partial charge in [0.05, 0.1) is 43.3 Å². The highest BCUT2D eigenvalue weighted by Crippen LogP contribution is 2.49. The molecular weight excluding hydrogens is 522 g/mol. The maximum absolute atomic E-state index is 13.7. The van der Waals surface area contributed by atoms with Crippen LogP contribution in [0.4, 0.5) is 16.2 Å². The first-order chi connectivity index (χ1) is 20.2. The molecule has 214 valence electrons. The van der Waals surface area contributed by atoms with Crippen molar-refractivity contribution in [3.8, 4) is 0 Å². The van der Waals surface area contributed by atoms with Gasteiger partial charge in [0.2, 0.25) is 0 Å². The molecule has 41 heavy (non-hydrogen) atoms. The lowest BCUT2D eigenvalue weighted by molar-refractivity contribution is 0.0115. The zero-order chi connectivity index (χ0) is 27.8. The van der Waals surface area contributed by atoms with E-state index in [4.69, 9.17) is 9.47 Å². The zero-order valence-electron chi connectivity index (χ0n) is 23.1. The van der Waals surface area contributed by atoms with Crippen molar-refractivity contribution in [1.82, 2.24) is 15.3 Å². The second kappa shape index (κ2) is 11.3. The van der Waals surface area contributed by atoms with Crippen LogP contribution in [-0.4, -0.2) is 93.5 Å². The Kier molecular flexibility index (Phi) is 7.26. The number of urea groups is 1. The third kappa shape index (κ3) is 5.14. The zero-order valence-corrected chi connectivity index (χ0v) is 23.1. The number of fused-ring (bicyclic) bond motifs is 3. The first kappa shape index (κ1) is 26.3. The van der Waals surface area contributed by atoms with E-state index in [1.165, 1.54) is 5.69 Å². The van der Waals surface area contributed by atoms with E-state index in [2.05, 4.69) is 42.9 Å². The third-order valence-corrected chi connectivity index (χ3v) is 8.72. The number of nitrogens with one attached hydrogen (secondary N) is 2. The standard InChI is InChI=1S/C30H35N7O4/c38-29-25-23(2-1-3-24(25)31-30(39)34-37-14-18-41-19-15-37)28-26(29)27(32-33-28)20-4-6-21(7-5-20)35-10-8-22(9-11-35)36-12-16-40-17-13-36/h1-7,22,28H,8-19H2,(H2,31,34,39). The minimum Gasteiger partial charge on any atom is -0.379 e. The van der Waals surface area contributed by atoms with Gasteiger partial charge in [-0.3, -0.25) is 15.1 Å². The molecule has 5 aliphatic rings. The number of anilines is 2. The lowest BCUT2D eigenvalue weighted by atomic mass is 10.00. The Morgan fingerprint density at radius 3 is 2.32 bits per heavy atom. The topological polar surface area (TPSA) is 111 Å². The number of carbonyl (C=O) groups is 2. The van der Waals surface area contributed by atoms with Crippen LogP contribution < -0.4 is 15.6 Å². The number of azo groups is 1. The van der Waals surface area contributed by atoms with Gasteiger partial charge in [0.25, 0.3) is 0 Å². The number of carbonyl (C=O) groups excluding carboxylic acids is 2. The van der Waals surface area contributed by atoms with Gasteiger partial charge in [-0.1, -0.05) is 24.3 Å². The molecule has 3 fully saturated rings. The van der Waals surface area contributed by atoms with Gasteiger partial charge >= 0.3 is 6.03 Å². The van der Waals surface area contributed by atoms with Crippen LogP contribution in [0.5, 0.6) is 0 Å². The highest BCUT2D eigenvalue weighted by atomic mass is 16.5. The third-order valence-electron chi connectivity index (χ3n) is 8.72. The van der Waals surface area contributed by atoms with E-state index >= 15 is 0 Å².